The molecule has 0 bridgehead atoms. The number of phenols is 1. The number of nitrogen functional groups attached to an aromatic ring is 1. The van der Waals surface area contributed by atoms with Crippen LogP contribution >= 0.6 is 15.9 Å². The molecule has 0 spiro atoms. The number of benzene rings is 2. The van der Waals surface area contributed by atoms with Crippen molar-refractivity contribution in [1.82, 2.24) is 0 Å². The van der Waals surface area contributed by atoms with Gasteiger partial charge in [0, 0.05) is 21.8 Å². The minimum atomic E-state index is 0.155. The molecule has 0 amide bonds. The van der Waals surface area contributed by atoms with E-state index in [2.05, 4.69) is 15.9 Å². The number of ether oxygens (including phenoxy) is 1. The van der Waals surface area contributed by atoms with Crippen LogP contribution in [0.25, 0.3) is 0 Å². The van der Waals surface area contributed by atoms with Crippen molar-refractivity contribution in [1.29, 1.82) is 0 Å². The highest BCUT2D eigenvalue weighted by Gasteiger charge is 2.02. The lowest BCUT2D eigenvalue weighted by Crippen LogP contribution is -1.96. The first-order valence-corrected chi connectivity index (χ1v) is 5.90. The summed E-state index contributed by atoms with van der Waals surface area (Å²) in [5.41, 5.74) is 6.79. The molecule has 17 heavy (non-hydrogen) atoms. The Kier molecular flexibility index (Phi) is 3.54. The van der Waals surface area contributed by atoms with Gasteiger partial charge in [-0.3, -0.25) is 0 Å². The Morgan fingerprint density at radius 3 is 2.47 bits per heavy atom. The van der Waals surface area contributed by atoms with Crippen molar-refractivity contribution >= 4 is 21.6 Å². The van der Waals surface area contributed by atoms with E-state index in [4.69, 9.17) is 10.5 Å². The van der Waals surface area contributed by atoms with Gasteiger partial charge in [-0.2, -0.15) is 0 Å². The van der Waals surface area contributed by atoms with Gasteiger partial charge in [0.25, 0.3) is 0 Å². The van der Waals surface area contributed by atoms with E-state index in [1.165, 1.54) is 6.07 Å². The quantitative estimate of drug-likeness (QED) is 0.854. The highest BCUT2D eigenvalue weighted by Crippen LogP contribution is 2.22. The number of aromatic hydroxyl groups is 1. The van der Waals surface area contributed by atoms with E-state index in [1.54, 1.807) is 12.1 Å². The number of hydrogen-bond acceptors (Lipinski definition) is 3. The van der Waals surface area contributed by atoms with E-state index < -0.39 is 0 Å². The summed E-state index contributed by atoms with van der Waals surface area (Å²) in [5, 5.41) is 9.65. The van der Waals surface area contributed by atoms with Crippen LogP contribution in [-0.4, -0.2) is 5.11 Å². The molecule has 0 radical (unpaired) electrons. The van der Waals surface area contributed by atoms with Crippen LogP contribution in [0.15, 0.2) is 46.9 Å². The highest BCUT2D eigenvalue weighted by atomic mass is 79.9. The summed E-state index contributed by atoms with van der Waals surface area (Å²) in [6.45, 7) is 0.313. The lowest BCUT2D eigenvalue weighted by Gasteiger charge is -2.08. The zero-order valence-corrected chi connectivity index (χ0v) is 10.6. The van der Waals surface area contributed by atoms with E-state index in [0.29, 0.717) is 17.9 Å². The van der Waals surface area contributed by atoms with Gasteiger partial charge >= 0.3 is 0 Å². The molecular formula is C13H12BrNO2. The zero-order valence-electron chi connectivity index (χ0n) is 9.06. The molecule has 3 nitrogen and oxygen atoms in total. The third kappa shape index (κ3) is 3.14. The first-order valence-electron chi connectivity index (χ1n) is 5.11. The fourth-order valence-corrected chi connectivity index (χ4v) is 1.66. The van der Waals surface area contributed by atoms with Crippen LogP contribution < -0.4 is 10.5 Å². The molecule has 0 saturated heterocycles. The predicted molar refractivity (Wildman–Crippen MR) is 71.0 cm³/mol. The number of hydrogen-bond donors (Lipinski definition) is 2. The summed E-state index contributed by atoms with van der Waals surface area (Å²) < 4.78 is 6.55. The summed E-state index contributed by atoms with van der Waals surface area (Å²) in [7, 11) is 0. The first kappa shape index (κ1) is 11.8. The van der Waals surface area contributed by atoms with Crippen LogP contribution in [0, 0.1) is 0 Å². The van der Waals surface area contributed by atoms with Gasteiger partial charge in [-0.15, -0.1) is 0 Å². The first-order chi connectivity index (χ1) is 8.15. The molecule has 2 aromatic carbocycles. The average Bonchev–Trinajstić information content (AvgIpc) is 2.30. The average molecular weight is 294 g/mol. The van der Waals surface area contributed by atoms with E-state index in [9.17, 15) is 5.11 Å². The van der Waals surface area contributed by atoms with Crippen LogP contribution in [0.2, 0.25) is 0 Å². The van der Waals surface area contributed by atoms with Gasteiger partial charge in [-0.25, -0.2) is 0 Å². The van der Waals surface area contributed by atoms with Crippen LogP contribution in [0.3, 0.4) is 0 Å². The van der Waals surface area contributed by atoms with Crippen LogP contribution in [0.4, 0.5) is 5.69 Å². The second-order valence-corrected chi connectivity index (χ2v) is 4.55. The third-order valence-electron chi connectivity index (χ3n) is 2.32. The van der Waals surface area contributed by atoms with E-state index in [-0.39, 0.29) is 5.75 Å². The molecule has 0 atom stereocenters. The summed E-state index contributed by atoms with van der Waals surface area (Å²) >= 11 is 3.35. The Hall–Kier alpha value is -1.68. The SMILES string of the molecule is Nc1ccc(COc2ccc(Br)cc2)c(O)c1. The van der Waals surface area contributed by atoms with Crippen molar-refractivity contribution in [2.45, 2.75) is 6.61 Å². The molecule has 0 saturated carbocycles. The Bertz CT molecular complexity index is 511. The summed E-state index contributed by atoms with van der Waals surface area (Å²) in [6, 6.07) is 12.5. The van der Waals surface area contributed by atoms with Gasteiger partial charge in [0.2, 0.25) is 0 Å². The number of rotatable bonds is 3. The van der Waals surface area contributed by atoms with E-state index in [1.807, 2.05) is 24.3 Å². The lowest BCUT2D eigenvalue weighted by molar-refractivity contribution is 0.299. The van der Waals surface area contributed by atoms with Crippen molar-refractivity contribution in [3.05, 3.63) is 52.5 Å². The molecule has 0 aromatic heterocycles. The minimum Gasteiger partial charge on any atom is -0.507 e. The van der Waals surface area contributed by atoms with Crippen molar-refractivity contribution in [3.63, 3.8) is 0 Å². The Morgan fingerprint density at radius 2 is 1.82 bits per heavy atom. The largest absolute Gasteiger partial charge is 0.507 e. The smallest absolute Gasteiger partial charge is 0.124 e. The summed E-state index contributed by atoms with van der Waals surface area (Å²) in [4.78, 5) is 0. The Labute approximate surface area is 108 Å². The van der Waals surface area contributed by atoms with Crippen LogP contribution in [0.1, 0.15) is 5.56 Å². The molecule has 2 rings (SSSR count). The number of phenolic OH excluding ortho intramolecular Hbond substituents is 1. The van der Waals surface area contributed by atoms with Gasteiger partial charge in [0.1, 0.15) is 18.1 Å². The molecule has 0 heterocycles. The lowest BCUT2D eigenvalue weighted by atomic mass is 10.2. The number of halogens is 1. The second kappa shape index (κ2) is 5.10. The number of nitrogens with two attached hydrogens (primary N) is 1. The molecule has 4 heteroatoms. The topological polar surface area (TPSA) is 55.5 Å². The molecule has 0 aliphatic heterocycles. The van der Waals surface area contributed by atoms with Gasteiger partial charge in [0.15, 0.2) is 0 Å². The maximum Gasteiger partial charge on any atom is 0.124 e. The van der Waals surface area contributed by atoms with Gasteiger partial charge in [-0.05, 0) is 36.4 Å². The normalized spacial score (nSPS) is 10.2. The summed E-state index contributed by atoms with van der Waals surface area (Å²) in [5.74, 6) is 0.909. The monoisotopic (exact) mass is 293 g/mol. The fourth-order valence-electron chi connectivity index (χ4n) is 1.39. The molecular weight excluding hydrogens is 282 g/mol. The maximum absolute atomic E-state index is 9.65. The molecule has 2 aromatic rings. The second-order valence-electron chi connectivity index (χ2n) is 3.63. The van der Waals surface area contributed by atoms with Crippen LogP contribution in [-0.2, 0) is 6.61 Å². The molecule has 0 unspecified atom stereocenters. The minimum absolute atomic E-state index is 0.155. The van der Waals surface area contributed by atoms with Crippen LogP contribution in [0.5, 0.6) is 11.5 Å². The van der Waals surface area contributed by atoms with Gasteiger partial charge < -0.3 is 15.6 Å². The Morgan fingerprint density at radius 1 is 1.12 bits per heavy atom. The predicted octanol–water partition coefficient (Wildman–Crippen LogP) is 3.32. The molecule has 88 valence electrons. The van der Waals surface area contributed by atoms with Gasteiger partial charge in [0.05, 0.1) is 0 Å². The molecule has 0 aliphatic carbocycles. The van der Waals surface area contributed by atoms with Gasteiger partial charge in [-0.1, -0.05) is 15.9 Å². The fraction of sp³-hybridized carbons (Fsp3) is 0.0769. The van der Waals surface area contributed by atoms with E-state index in [0.717, 1.165) is 10.2 Å². The number of anilines is 1. The van der Waals surface area contributed by atoms with Crippen molar-refractivity contribution in [2.75, 3.05) is 5.73 Å². The third-order valence-corrected chi connectivity index (χ3v) is 2.85. The Balaban J connectivity index is 2.04. The summed E-state index contributed by atoms with van der Waals surface area (Å²) in [6.07, 6.45) is 0. The van der Waals surface area contributed by atoms with Crippen molar-refractivity contribution in [3.8, 4) is 11.5 Å². The highest BCUT2D eigenvalue weighted by molar-refractivity contribution is 9.10. The maximum atomic E-state index is 9.65. The van der Waals surface area contributed by atoms with Crippen molar-refractivity contribution < 1.29 is 9.84 Å². The standard InChI is InChI=1S/C13H12BrNO2/c14-10-2-5-12(6-3-10)17-8-9-1-4-11(15)7-13(9)16/h1-7,16H,8,15H2. The molecule has 3 N–H and O–H groups in total. The van der Waals surface area contributed by atoms with Crippen molar-refractivity contribution in [2.24, 2.45) is 0 Å². The zero-order chi connectivity index (χ0) is 12.3. The molecule has 0 aliphatic rings. The van der Waals surface area contributed by atoms with E-state index >= 15 is 0 Å². The molecule has 0 fully saturated rings.